The van der Waals surface area contributed by atoms with Gasteiger partial charge in [-0.1, -0.05) is 37.3 Å². The van der Waals surface area contributed by atoms with Crippen molar-refractivity contribution in [3.63, 3.8) is 0 Å². The molecule has 0 aromatic heterocycles. The van der Waals surface area contributed by atoms with Crippen molar-refractivity contribution in [2.24, 2.45) is 0 Å². The van der Waals surface area contributed by atoms with Gasteiger partial charge in [0.1, 0.15) is 5.57 Å². The van der Waals surface area contributed by atoms with Crippen LogP contribution in [-0.2, 0) is 16.0 Å². The lowest BCUT2D eigenvalue weighted by molar-refractivity contribution is -0.130. The first kappa shape index (κ1) is 25.0. The minimum absolute atomic E-state index is 0.139. The van der Waals surface area contributed by atoms with Crippen LogP contribution in [0.25, 0.3) is 6.08 Å². The SMILES string of the molecule is CCCOc1c(OCC)cc(/C=C2\C(=O)NC(=O)N(CCc3ccccc3)C2=O)c(Br)c1Br. The summed E-state index contributed by atoms with van der Waals surface area (Å²) in [6.07, 6.45) is 2.75. The number of carbonyl (C=O) groups excluding carboxylic acids is 3. The quantitative estimate of drug-likeness (QED) is 0.330. The Morgan fingerprint density at radius 3 is 2.42 bits per heavy atom. The first-order chi connectivity index (χ1) is 15.9. The molecule has 0 radical (unpaired) electrons. The summed E-state index contributed by atoms with van der Waals surface area (Å²) in [4.78, 5) is 39.0. The molecule has 1 heterocycles. The number of nitrogens with one attached hydrogen (secondary N) is 1. The molecule has 9 heteroatoms. The van der Waals surface area contributed by atoms with E-state index in [1.807, 2.05) is 44.2 Å². The first-order valence-corrected chi connectivity index (χ1v) is 12.2. The summed E-state index contributed by atoms with van der Waals surface area (Å²) in [7, 11) is 0. The number of carbonyl (C=O) groups is 3. The second-order valence-corrected chi connectivity index (χ2v) is 8.80. The Bertz CT molecular complexity index is 1090. The molecule has 2 aromatic carbocycles. The van der Waals surface area contributed by atoms with Gasteiger partial charge in [-0.3, -0.25) is 19.8 Å². The summed E-state index contributed by atoms with van der Waals surface area (Å²) in [5.41, 5.74) is 1.38. The normalized spacial score (nSPS) is 15.1. The van der Waals surface area contributed by atoms with Crippen LogP contribution in [-0.4, -0.2) is 42.5 Å². The monoisotopic (exact) mass is 578 g/mol. The lowest BCUT2D eigenvalue weighted by Crippen LogP contribution is -2.54. The van der Waals surface area contributed by atoms with Gasteiger partial charge in [0.15, 0.2) is 11.5 Å². The Labute approximate surface area is 209 Å². The van der Waals surface area contributed by atoms with Gasteiger partial charge in [-0.2, -0.15) is 0 Å². The number of hydrogen-bond acceptors (Lipinski definition) is 5. The van der Waals surface area contributed by atoms with Crippen molar-refractivity contribution < 1.29 is 23.9 Å². The maximum atomic E-state index is 13.1. The van der Waals surface area contributed by atoms with Crippen molar-refractivity contribution in [3.8, 4) is 11.5 Å². The van der Waals surface area contributed by atoms with Crippen LogP contribution in [0.5, 0.6) is 11.5 Å². The first-order valence-electron chi connectivity index (χ1n) is 10.6. The molecule has 174 valence electrons. The Hall–Kier alpha value is -2.65. The van der Waals surface area contributed by atoms with E-state index in [9.17, 15) is 14.4 Å². The molecule has 7 nitrogen and oxygen atoms in total. The second-order valence-electron chi connectivity index (χ2n) is 7.21. The molecule has 0 atom stereocenters. The van der Waals surface area contributed by atoms with Gasteiger partial charge in [-0.25, -0.2) is 4.79 Å². The fourth-order valence-electron chi connectivity index (χ4n) is 3.25. The van der Waals surface area contributed by atoms with Crippen molar-refractivity contribution >= 4 is 55.8 Å². The van der Waals surface area contributed by atoms with E-state index >= 15 is 0 Å². The van der Waals surface area contributed by atoms with Gasteiger partial charge in [0.25, 0.3) is 11.8 Å². The van der Waals surface area contributed by atoms with Gasteiger partial charge in [-0.05, 0) is 74.9 Å². The third-order valence-corrected chi connectivity index (χ3v) is 7.00. The van der Waals surface area contributed by atoms with Gasteiger partial charge < -0.3 is 9.47 Å². The Morgan fingerprint density at radius 2 is 1.76 bits per heavy atom. The van der Waals surface area contributed by atoms with E-state index in [1.54, 1.807) is 6.07 Å². The molecule has 1 N–H and O–H groups in total. The largest absolute Gasteiger partial charge is 0.490 e. The Morgan fingerprint density at radius 1 is 1.03 bits per heavy atom. The van der Waals surface area contributed by atoms with E-state index in [0.29, 0.717) is 45.6 Å². The van der Waals surface area contributed by atoms with Gasteiger partial charge in [0.05, 0.1) is 17.7 Å². The minimum atomic E-state index is -0.742. The molecule has 3 rings (SSSR count). The highest BCUT2D eigenvalue weighted by molar-refractivity contribution is 9.13. The molecule has 4 amide bonds. The van der Waals surface area contributed by atoms with Gasteiger partial charge in [0.2, 0.25) is 0 Å². The van der Waals surface area contributed by atoms with Gasteiger partial charge in [-0.15, -0.1) is 0 Å². The number of urea groups is 1. The summed E-state index contributed by atoms with van der Waals surface area (Å²) in [5.74, 6) is -0.374. The Kier molecular flexibility index (Phi) is 8.68. The van der Waals surface area contributed by atoms with E-state index in [-0.39, 0.29) is 12.1 Å². The van der Waals surface area contributed by atoms with Crippen molar-refractivity contribution in [1.29, 1.82) is 0 Å². The lowest BCUT2D eigenvalue weighted by Gasteiger charge is -2.26. The second kappa shape index (κ2) is 11.5. The molecule has 1 fully saturated rings. The van der Waals surface area contributed by atoms with Crippen molar-refractivity contribution in [2.45, 2.75) is 26.7 Å². The number of nitrogens with zero attached hydrogens (tertiary/aromatic N) is 1. The van der Waals surface area contributed by atoms with Crippen LogP contribution in [0.4, 0.5) is 4.79 Å². The highest BCUT2D eigenvalue weighted by Gasteiger charge is 2.35. The molecule has 1 saturated heterocycles. The van der Waals surface area contributed by atoms with Crippen LogP contribution in [0.1, 0.15) is 31.4 Å². The zero-order valence-corrected chi connectivity index (χ0v) is 21.5. The molecule has 2 aromatic rings. The van der Waals surface area contributed by atoms with E-state index in [4.69, 9.17) is 9.47 Å². The number of barbiturate groups is 1. The average molecular weight is 580 g/mol. The van der Waals surface area contributed by atoms with E-state index in [0.717, 1.165) is 16.9 Å². The summed E-state index contributed by atoms with van der Waals surface area (Å²) in [6, 6.07) is 10.5. The fourth-order valence-corrected chi connectivity index (χ4v) is 4.20. The predicted molar refractivity (Wildman–Crippen MR) is 132 cm³/mol. The highest BCUT2D eigenvalue weighted by Crippen LogP contribution is 2.43. The molecular formula is C24H24Br2N2O5. The number of benzene rings is 2. The number of amides is 4. The van der Waals surface area contributed by atoms with Crippen LogP contribution >= 0.6 is 31.9 Å². The molecule has 0 bridgehead atoms. The van der Waals surface area contributed by atoms with Crippen molar-refractivity contribution in [2.75, 3.05) is 19.8 Å². The molecule has 0 saturated carbocycles. The van der Waals surface area contributed by atoms with E-state index in [2.05, 4.69) is 37.2 Å². The van der Waals surface area contributed by atoms with Gasteiger partial charge >= 0.3 is 6.03 Å². The molecule has 33 heavy (non-hydrogen) atoms. The summed E-state index contributed by atoms with van der Waals surface area (Å²) in [5, 5.41) is 2.26. The number of hydrogen-bond donors (Lipinski definition) is 1. The maximum absolute atomic E-state index is 13.1. The third kappa shape index (κ3) is 5.83. The number of halogens is 2. The lowest BCUT2D eigenvalue weighted by atomic mass is 10.1. The average Bonchev–Trinajstić information content (AvgIpc) is 2.80. The number of imide groups is 2. The van der Waals surface area contributed by atoms with Gasteiger partial charge in [0, 0.05) is 11.0 Å². The molecule has 1 aliphatic rings. The highest BCUT2D eigenvalue weighted by atomic mass is 79.9. The standard InChI is InChI=1S/C24H24Br2N2O5/c1-3-12-33-21-18(32-4-2)14-16(19(25)20(21)26)13-17-22(29)27-24(31)28(23(17)30)11-10-15-8-6-5-7-9-15/h5-9,13-14H,3-4,10-12H2,1-2H3,(H,27,29,31)/b17-13+. The number of ether oxygens (including phenoxy) is 2. The Balaban J connectivity index is 1.93. The smallest absolute Gasteiger partial charge is 0.331 e. The van der Waals surface area contributed by atoms with Crippen LogP contribution in [0, 0.1) is 0 Å². The summed E-state index contributed by atoms with van der Waals surface area (Å²) >= 11 is 7.03. The van der Waals surface area contributed by atoms with E-state index in [1.165, 1.54) is 6.08 Å². The van der Waals surface area contributed by atoms with Crippen LogP contribution < -0.4 is 14.8 Å². The van der Waals surface area contributed by atoms with Crippen LogP contribution in [0.15, 0.2) is 50.9 Å². The molecule has 0 unspecified atom stereocenters. The van der Waals surface area contributed by atoms with E-state index < -0.39 is 17.8 Å². The summed E-state index contributed by atoms with van der Waals surface area (Å²) < 4.78 is 12.7. The molecular weight excluding hydrogens is 556 g/mol. The zero-order chi connectivity index (χ0) is 24.0. The summed E-state index contributed by atoms with van der Waals surface area (Å²) in [6.45, 7) is 4.92. The fraction of sp³-hybridized carbons (Fsp3) is 0.292. The minimum Gasteiger partial charge on any atom is -0.490 e. The predicted octanol–water partition coefficient (Wildman–Crippen LogP) is 5.10. The maximum Gasteiger partial charge on any atom is 0.331 e. The molecule has 0 spiro atoms. The van der Waals surface area contributed by atoms with Crippen molar-refractivity contribution in [3.05, 3.63) is 62.0 Å². The topological polar surface area (TPSA) is 84.9 Å². The number of rotatable bonds is 9. The van der Waals surface area contributed by atoms with Crippen LogP contribution in [0.3, 0.4) is 0 Å². The molecule has 1 aliphatic heterocycles. The third-order valence-electron chi connectivity index (χ3n) is 4.86. The molecule has 0 aliphatic carbocycles. The van der Waals surface area contributed by atoms with Crippen LogP contribution in [0.2, 0.25) is 0 Å². The van der Waals surface area contributed by atoms with Crippen molar-refractivity contribution in [1.82, 2.24) is 10.2 Å². The zero-order valence-electron chi connectivity index (χ0n) is 18.3.